The average molecular weight is 498 g/mol. The quantitative estimate of drug-likeness (QED) is 0.596. The zero-order valence-corrected chi connectivity index (χ0v) is 18.4. The highest BCUT2D eigenvalue weighted by Gasteiger charge is 2.26. The predicted molar refractivity (Wildman–Crippen MR) is 112 cm³/mol. The maximum Gasteiger partial charge on any atom is 0.261 e. The Morgan fingerprint density at radius 3 is 2.15 bits per heavy atom. The Kier molecular flexibility index (Phi) is 8.31. The van der Waals surface area contributed by atoms with E-state index in [0.29, 0.717) is 18.8 Å². The lowest BCUT2D eigenvalue weighted by Crippen LogP contribution is -2.49. The monoisotopic (exact) mass is 496 g/mol. The molecule has 0 spiro atoms. The first-order valence-electron chi connectivity index (χ1n) is 8.60. The van der Waals surface area contributed by atoms with E-state index >= 15 is 0 Å². The molecule has 5 nitrogen and oxygen atoms in total. The summed E-state index contributed by atoms with van der Waals surface area (Å²) in [6.07, 6.45) is 0. The van der Waals surface area contributed by atoms with Crippen LogP contribution in [0.1, 0.15) is 19.4 Å². The van der Waals surface area contributed by atoms with Gasteiger partial charge in [0.25, 0.3) is 5.91 Å². The third-order valence-corrected chi connectivity index (χ3v) is 5.02. The maximum atomic E-state index is 12.8. The van der Waals surface area contributed by atoms with Crippen molar-refractivity contribution in [3.63, 3.8) is 0 Å². The van der Waals surface area contributed by atoms with Crippen molar-refractivity contribution < 1.29 is 14.3 Å². The van der Waals surface area contributed by atoms with E-state index in [0.717, 1.165) is 14.5 Å². The van der Waals surface area contributed by atoms with Gasteiger partial charge in [-0.2, -0.15) is 0 Å². The van der Waals surface area contributed by atoms with Crippen LogP contribution in [-0.2, 0) is 16.1 Å². The van der Waals surface area contributed by atoms with Crippen molar-refractivity contribution in [1.82, 2.24) is 10.2 Å². The van der Waals surface area contributed by atoms with Gasteiger partial charge in [-0.05, 0) is 55.8 Å². The van der Waals surface area contributed by atoms with Crippen molar-refractivity contribution in [3.8, 4) is 5.75 Å². The lowest BCUT2D eigenvalue weighted by molar-refractivity contribution is -0.142. The van der Waals surface area contributed by atoms with Crippen LogP contribution in [0.15, 0.2) is 57.5 Å². The molecule has 2 rings (SSSR count). The predicted octanol–water partition coefficient (Wildman–Crippen LogP) is 4.14. The van der Waals surface area contributed by atoms with Crippen molar-refractivity contribution in [3.05, 3.63) is 63.0 Å². The lowest BCUT2D eigenvalue weighted by atomic mass is 10.1. The van der Waals surface area contributed by atoms with Gasteiger partial charge < -0.3 is 15.0 Å². The van der Waals surface area contributed by atoms with E-state index in [2.05, 4.69) is 37.2 Å². The molecule has 0 aliphatic rings. The molecular formula is C20H22Br2N2O3. The summed E-state index contributed by atoms with van der Waals surface area (Å²) in [6, 6.07) is 14.3. The Balaban J connectivity index is 2.11. The number of nitrogens with zero attached hydrogens (tertiary/aromatic N) is 1. The van der Waals surface area contributed by atoms with Gasteiger partial charge in [-0.15, -0.1) is 0 Å². The van der Waals surface area contributed by atoms with Crippen molar-refractivity contribution in [1.29, 1.82) is 0 Å². The van der Waals surface area contributed by atoms with E-state index in [-0.39, 0.29) is 18.4 Å². The van der Waals surface area contributed by atoms with E-state index < -0.39 is 6.04 Å². The third kappa shape index (κ3) is 6.66. The number of hydrogen-bond donors (Lipinski definition) is 1. The fourth-order valence-electron chi connectivity index (χ4n) is 2.45. The molecule has 0 saturated heterocycles. The molecule has 0 heterocycles. The van der Waals surface area contributed by atoms with Crippen LogP contribution in [0.5, 0.6) is 5.75 Å². The van der Waals surface area contributed by atoms with Crippen LogP contribution in [0.25, 0.3) is 0 Å². The number of benzene rings is 2. The largest absolute Gasteiger partial charge is 0.484 e. The summed E-state index contributed by atoms with van der Waals surface area (Å²) < 4.78 is 7.49. The van der Waals surface area contributed by atoms with Crippen LogP contribution in [0, 0.1) is 0 Å². The molecule has 27 heavy (non-hydrogen) atoms. The molecule has 1 N–H and O–H groups in total. The molecule has 2 aromatic rings. The van der Waals surface area contributed by atoms with Gasteiger partial charge in [0.1, 0.15) is 11.8 Å². The van der Waals surface area contributed by atoms with Gasteiger partial charge in [-0.1, -0.05) is 44.0 Å². The van der Waals surface area contributed by atoms with Crippen LogP contribution in [-0.4, -0.2) is 35.9 Å². The number of likely N-dealkylation sites (N-methyl/N-ethyl adjacent to an activating group) is 1. The van der Waals surface area contributed by atoms with Gasteiger partial charge >= 0.3 is 0 Å². The second-order valence-electron chi connectivity index (χ2n) is 5.96. The summed E-state index contributed by atoms with van der Waals surface area (Å²) in [5.74, 6) is 0.159. The fraction of sp³-hybridized carbons (Fsp3) is 0.300. The third-order valence-electron chi connectivity index (χ3n) is 3.96. The minimum Gasteiger partial charge on any atom is -0.484 e. The standard InChI is InChI=1S/C20H22Br2N2O3/c1-3-23-20(26)14(2)24(12-15-4-6-16(21)7-5-15)19(25)13-27-18-10-8-17(22)9-11-18/h4-11,14H,3,12-13H2,1-2H3,(H,23,26)/t14-/m1/s1. The zero-order valence-electron chi connectivity index (χ0n) is 15.2. The van der Waals surface area contributed by atoms with Gasteiger partial charge in [0.15, 0.2) is 6.61 Å². The Labute approximate surface area is 176 Å². The number of hydrogen-bond acceptors (Lipinski definition) is 3. The summed E-state index contributed by atoms with van der Waals surface area (Å²) in [6.45, 7) is 4.28. The Morgan fingerprint density at radius 2 is 1.59 bits per heavy atom. The highest BCUT2D eigenvalue weighted by Crippen LogP contribution is 2.17. The summed E-state index contributed by atoms with van der Waals surface area (Å²) in [4.78, 5) is 26.6. The van der Waals surface area contributed by atoms with Crippen molar-refractivity contribution in [2.45, 2.75) is 26.4 Å². The highest BCUT2D eigenvalue weighted by molar-refractivity contribution is 9.10. The smallest absolute Gasteiger partial charge is 0.261 e. The minimum atomic E-state index is -0.602. The van der Waals surface area contributed by atoms with Crippen LogP contribution < -0.4 is 10.1 Å². The van der Waals surface area contributed by atoms with Crippen LogP contribution in [0.2, 0.25) is 0 Å². The van der Waals surface area contributed by atoms with Crippen LogP contribution in [0.3, 0.4) is 0 Å². The first kappa shape index (κ1) is 21.4. The number of halogens is 2. The van der Waals surface area contributed by atoms with Crippen LogP contribution in [0.4, 0.5) is 0 Å². The molecule has 1 atom stereocenters. The summed E-state index contributed by atoms with van der Waals surface area (Å²) >= 11 is 6.76. The SMILES string of the molecule is CCNC(=O)[C@@H](C)N(Cc1ccc(Br)cc1)C(=O)COc1ccc(Br)cc1. The number of amides is 2. The number of carbonyl (C=O) groups excluding carboxylic acids is 2. The van der Waals surface area contributed by atoms with Gasteiger partial charge in [-0.3, -0.25) is 9.59 Å². The van der Waals surface area contributed by atoms with E-state index in [4.69, 9.17) is 4.74 Å². The van der Waals surface area contributed by atoms with Crippen LogP contribution >= 0.6 is 31.9 Å². The molecule has 0 fully saturated rings. The summed E-state index contributed by atoms with van der Waals surface area (Å²) in [5.41, 5.74) is 0.936. The van der Waals surface area contributed by atoms with Crippen molar-refractivity contribution >= 4 is 43.7 Å². The molecule has 2 amide bonds. The Morgan fingerprint density at radius 1 is 1.04 bits per heavy atom. The molecule has 0 aromatic heterocycles. The number of carbonyl (C=O) groups is 2. The maximum absolute atomic E-state index is 12.8. The topological polar surface area (TPSA) is 58.6 Å². The van der Waals surface area contributed by atoms with Crippen molar-refractivity contribution in [2.75, 3.05) is 13.2 Å². The molecule has 0 aliphatic carbocycles. The number of nitrogens with one attached hydrogen (secondary N) is 1. The fourth-order valence-corrected chi connectivity index (χ4v) is 2.98. The first-order valence-corrected chi connectivity index (χ1v) is 10.2. The summed E-state index contributed by atoms with van der Waals surface area (Å²) in [5, 5.41) is 2.77. The van der Waals surface area contributed by atoms with Gasteiger partial charge in [-0.25, -0.2) is 0 Å². The lowest BCUT2D eigenvalue weighted by Gasteiger charge is -2.28. The minimum absolute atomic E-state index is 0.137. The Hall–Kier alpha value is -1.86. The van der Waals surface area contributed by atoms with E-state index in [1.807, 2.05) is 43.3 Å². The first-order chi connectivity index (χ1) is 12.9. The second-order valence-corrected chi connectivity index (χ2v) is 7.79. The molecule has 2 aromatic carbocycles. The number of rotatable bonds is 8. The Bertz CT molecular complexity index is 764. The second kappa shape index (κ2) is 10.5. The average Bonchev–Trinajstić information content (AvgIpc) is 2.66. The van der Waals surface area contributed by atoms with Gasteiger partial charge in [0, 0.05) is 22.0 Å². The summed E-state index contributed by atoms with van der Waals surface area (Å²) in [7, 11) is 0. The molecule has 0 unspecified atom stereocenters. The molecule has 144 valence electrons. The zero-order chi connectivity index (χ0) is 19.8. The molecule has 0 saturated carbocycles. The number of ether oxygens (including phenoxy) is 1. The highest BCUT2D eigenvalue weighted by atomic mass is 79.9. The van der Waals surface area contributed by atoms with Crippen molar-refractivity contribution in [2.24, 2.45) is 0 Å². The normalized spacial score (nSPS) is 11.6. The van der Waals surface area contributed by atoms with Gasteiger partial charge in [0.2, 0.25) is 5.91 Å². The molecule has 0 aliphatic heterocycles. The molecule has 7 heteroatoms. The van der Waals surface area contributed by atoms with Gasteiger partial charge in [0.05, 0.1) is 0 Å². The van der Waals surface area contributed by atoms with E-state index in [1.54, 1.807) is 19.1 Å². The molecule has 0 radical (unpaired) electrons. The van der Waals surface area contributed by atoms with E-state index in [9.17, 15) is 9.59 Å². The molecule has 0 bridgehead atoms. The van der Waals surface area contributed by atoms with E-state index in [1.165, 1.54) is 4.90 Å². The molecular weight excluding hydrogens is 476 g/mol.